The van der Waals surface area contributed by atoms with Crippen molar-refractivity contribution in [3.63, 3.8) is 0 Å². The minimum atomic E-state index is -1.06. The summed E-state index contributed by atoms with van der Waals surface area (Å²) in [4.78, 5) is 11.8. The number of hydrogen-bond donors (Lipinski definition) is 1. The van der Waals surface area contributed by atoms with E-state index in [1.54, 1.807) is 13.0 Å². The van der Waals surface area contributed by atoms with Gasteiger partial charge in [-0.3, -0.25) is 0 Å². The fourth-order valence-corrected chi connectivity index (χ4v) is 3.17. The molecule has 0 saturated carbocycles. The molecule has 0 radical (unpaired) electrons. The molecule has 134 valence electrons. The SMILES string of the molecule is Cc1nnc(S/C(=C\c2ccc(OC(C)C)c3ccccc23)C(=O)O)o1. The van der Waals surface area contributed by atoms with Crippen molar-refractivity contribution in [1.29, 1.82) is 0 Å². The molecule has 3 rings (SSSR count). The van der Waals surface area contributed by atoms with Gasteiger partial charge in [0.1, 0.15) is 10.7 Å². The van der Waals surface area contributed by atoms with Gasteiger partial charge in [0.05, 0.1) is 6.10 Å². The second kappa shape index (κ2) is 7.61. The predicted molar refractivity (Wildman–Crippen MR) is 100 cm³/mol. The smallest absolute Gasteiger partial charge is 0.342 e. The Labute approximate surface area is 154 Å². The van der Waals surface area contributed by atoms with Crippen LogP contribution in [0.4, 0.5) is 0 Å². The van der Waals surface area contributed by atoms with Crippen LogP contribution in [0.25, 0.3) is 16.8 Å². The van der Waals surface area contributed by atoms with Gasteiger partial charge >= 0.3 is 5.97 Å². The van der Waals surface area contributed by atoms with Gasteiger partial charge in [0.2, 0.25) is 5.89 Å². The lowest BCUT2D eigenvalue weighted by atomic mass is 10.0. The predicted octanol–water partition coefficient (Wildman–Crippen LogP) is 4.54. The Hall–Kier alpha value is -2.80. The largest absolute Gasteiger partial charge is 0.490 e. The molecule has 0 spiro atoms. The molecule has 2 aromatic carbocycles. The van der Waals surface area contributed by atoms with Crippen LogP contribution in [0, 0.1) is 6.92 Å². The standard InChI is InChI=1S/C19H18N2O4S/c1-11(2)24-16-9-8-13(14-6-4-5-7-15(14)16)10-17(18(22)23)26-19-21-20-12(3)25-19/h4-11H,1-3H3,(H,22,23)/b17-10-. The third-order valence-electron chi connectivity index (χ3n) is 3.48. The molecule has 0 aliphatic heterocycles. The van der Waals surface area contributed by atoms with Gasteiger partial charge in [-0.05, 0) is 48.7 Å². The zero-order chi connectivity index (χ0) is 18.7. The molecule has 0 amide bonds. The van der Waals surface area contributed by atoms with Crippen LogP contribution >= 0.6 is 11.8 Å². The number of hydrogen-bond acceptors (Lipinski definition) is 6. The Kier molecular flexibility index (Phi) is 5.27. The van der Waals surface area contributed by atoms with Crippen molar-refractivity contribution in [3.8, 4) is 5.75 Å². The molecule has 1 aromatic heterocycles. The summed E-state index contributed by atoms with van der Waals surface area (Å²) in [5, 5.41) is 19.1. The van der Waals surface area contributed by atoms with Gasteiger partial charge in [-0.15, -0.1) is 10.2 Å². The lowest BCUT2D eigenvalue weighted by molar-refractivity contribution is -0.131. The van der Waals surface area contributed by atoms with E-state index in [0.29, 0.717) is 5.89 Å². The number of ether oxygens (including phenoxy) is 1. The van der Waals surface area contributed by atoms with Gasteiger partial charge in [-0.2, -0.15) is 0 Å². The maximum atomic E-state index is 11.7. The van der Waals surface area contributed by atoms with Crippen molar-refractivity contribution in [2.75, 3.05) is 0 Å². The lowest BCUT2D eigenvalue weighted by Crippen LogP contribution is -2.06. The topological polar surface area (TPSA) is 85.5 Å². The van der Waals surface area contributed by atoms with Crippen LogP contribution in [-0.2, 0) is 4.79 Å². The zero-order valence-corrected chi connectivity index (χ0v) is 15.4. The fraction of sp³-hybridized carbons (Fsp3) is 0.211. The highest BCUT2D eigenvalue weighted by atomic mass is 32.2. The summed E-state index contributed by atoms with van der Waals surface area (Å²) in [6, 6.07) is 11.4. The molecule has 0 aliphatic carbocycles. The van der Waals surface area contributed by atoms with Crippen LogP contribution in [0.2, 0.25) is 0 Å². The molecular formula is C19H18N2O4S. The van der Waals surface area contributed by atoms with E-state index in [-0.39, 0.29) is 16.2 Å². The average molecular weight is 370 g/mol. The van der Waals surface area contributed by atoms with E-state index in [1.165, 1.54) is 0 Å². The molecule has 1 N–H and O–H groups in total. The molecule has 3 aromatic rings. The molecular weight excluding hydrogens is 352 g/mol. The van der Waals surface area contributed by atoms with E-state index in [4.69, 9.17) is 9.15 Å². The van der Waals surface area contributed by atoms with Crippen molar-refractivity contribution >= 4 is 34.6 Å². The molecule has 0 unspecified atom stereocenters. The normalized spacial score (nSPS) is 11.9. The molecule has 7 heteroatoms. The first-order valence-corrected chi connectivity index (χ1v) is 8.87. The number of carbonyl (C=O) groups is 1. The molecule has 1 heterocycles. The molecule has 0 aliphatic rings. The quantitative estimate of drug-likeness (QED) is 0.504. The summed E-state index contributed by atoms with van der Waals surface area (Å²) in [6.07, 6.45) is 1.65. The zero-order valence-electron chi connectivity index (χ0n) is 14.6. The number of aryl methyl sites for hydroxylation is 1. The molecule has 0 saturated heterocycles. The number of benzene rings is 2. The first kappa shape index (κ1) is 18.0. The monoisotopic (exact) mass is 370 g/mol. The van der Waals surface area contributed by atoms with Gasteiger partial charge in [0.25, 0.3) is 5.22 Å². The van der Waals surface area contributed by atoms with Crippen LogP contribution in [0.15, 0.2) is 50.9 Å². The molecule has 6 nitrogen and oxygen atoms in total. The van der Waals surface area contributed by atoms with Gasteiger partial charge in [-0.1, -0.05) is 30.3 Å². The van der Waals surface area contributed by atoms with E-state index in [0.717, 1.165) is 33.8 Å². The maximum Gasteiger partial charge on any atom is 0.342 e. The first-order chi connectivity index (χ1) is 12.4. The number of carboxylic acids is 1. The Morgan fingerprint density at radius 3 is 2.54 bits per heavy atom. The number of aliphatic carboxylic acids is 1. The van der Waals surface area contributed by atoms with E-state index in [9.17, 15) is 9.90 Å². The van der Waals surface area contributed by atoms with E-state index in [1.807, 2.05) is 50.2 Å². The number of carboxylic acid groups (broad SMARTS) is 1. The van der Waals surface area contributed by atoms with Gasteiger partial charge < -0.3 is 14.3 Å². The summed E-state index contributed by atoms with van der Waals surface area (Å²) in [7, 11) is 0. The fourth-order valence-electron chi connectivity index (χ4n) is 2.47. The van der Waals surface area contributed by atoms with Crippen LogP contribution in [0.3, 0.4) is 0 Å². The van der Waals surface area contributed by atoms with Gasteiger partial charge in [-0.25, -0.2) is 4.79 Å². The summed E-state index contributed by atoms with van der Waals surface area (Å²) >= 11 is 0.926. The molecule has 0 atom stereocenters. The van der Waals surface area contributed by atoms with Crippen LogP contribution in [0.5, 0.6) is 5.75 Å². The van der Waals surface area contributed by atoms with E-state index < -0.39 is 5.97 Å². The Bertz CT molecular complexity index is 979. The van der Waals surface area contributed by atoms with E-state index >= 15 is 0 Å². The lowest BCUT2D eigenvalue weighted by Gasteiger charge is -2.14. The summed E-state index contributed by atoms with van der Waals surface area (Å²) < 4.78 is 11.1. The van der Waals surface area contributed by atoms with E-state index in [2.05, 4.69) is 10.2 Å². The van der Waals surface area contributed by atoms with Crippen LogP contribution in [-0.4, -0.2) is 27.4 Å². The van der Waals surface area contributed by atoms with Crippen molar-refractivity contribution in [2.24, 2.45) is 0 Å². The van der Waals surface area contributed by atoms with Crippen molar-refractivity contribution in [2.45, 2.75) is 32.1 Å². The molecule has 26 heavy (non-hydrogen) atoms. The van der Waals surface area contributed by atoms with Crippen molar-refractivity contribution in [3.05, 3.63) is 52.8 Å². The number of aromatic nitrogens is 2. The highest BCUT2D eigenvalue weighted by Gasteiger charge is 2.15. The Morgan fingerprint density at radius 1 is 1.19 bits per heavy atom. The van der Waals surface area contributed by atoms with Crippen LogP contribution < -0.4 is 4.74 Å². The summed E-state index contributed by atoms with van der Waals surface area (Å²) in [5.74, 6) is 0.0973. The maximum absolute atomic E-state index is 11.7. The van der Waals surface area contributed by atoms with Gasteiger partial charge in [0, 0.05) is 12.3 Å². The third-order valence-corrected chi connectivity index (χ3v) is 4.33. The summed E-state index contributed by atoms with van der Waals surface area (Å²) in [5.41, 5.74) is 0.776. The number of thioether (sulfide) groups is 1. The summed E-state index contributed by atoms with van der Waals surface area (Å²) in [6.45, 7) is 5.59. The van der Waals surface area contributed by atoms with Gasteiger partial charge in [0.15, 0.2) is 0 Å². The second-order valence-electron chi connectivity index (χ2n) is 5.87. The number of nitrogens with zero attached hydrogens (tertiary/aromatic N) is 2. The second-order valence-corrected chi connectivity index (χ2v) is 6.86. The highest BCUT2D eigenvalue weighted by molar-refractivity contribution is 8.03. The number of rotatable bonds is 6. The average Bonchev–Trinajstić information content (AvgIpc) is 3.00. The Morgan fingerprint density at radius 2 is 1.92 bits per heavy atom. The highest BCUT2D eigenvalue weighted by Crippen LogP contribution is 2.33. The number of fused-ring (bicyclic) bond motifs is 1. The minimum Gasteiger partial charge on any atom is -0.490 e. The van der Waals surface area contributed by atoms with Crippen molar-refractivity contribution in [1.82, 2.24) is 10.2 Å². The molecule has 0 fully saturated rings. The van der Waals surface area contributed by atoms with Crippen molar-refractivity contribution < 1.29 is 19.1 Å². The first-order valence-electron chi connectivity index (χ1n) is 8.05. The van der Waals surface area contributed by atoms with Crippen LogP contribution in [0.1, 0.15) is 25.3 Å². The minimum absolute atomic E-state index is 0.0469. The Balaban J connectivity index is 2.05. The third kappa shape index (κ3) is 4.05. The molecule has 0 bridgehead atoms.